The molecule has 0 saturated heterocycles. The second-order valence-corrected chi connectivity index (χ2v) is 4.64. The standard InChI is InChI=1S/C18H15NO3/c19-12-16-10-9-14(7-4-8-18(20)21)11-17(16)22-13-15-5-2-1-3-6-15/h1-7,9-11H,8,13H2,(H,20,21). The van der Waals surface area contributed by atoms with Crippen molar-refractivity contribution in [2.75, 3.05) is 0 Å². The highest BCUT2D eigenvalue weighted by atomic mass is 16.5. The lowest BCUT2D eigenvalue weighted by molar-refractivity contribution is -0.135. The molecule has 0 unspecified atom stereocenters. The molecule has 2 rings (SSSR count). The van der Waals surface area contributed by atoms with Gasteiger partial charge in [-0.05, 0) is 23.3 Å². The fourth-order valence-corrected chi connectivity index (χ4v) is 1.89. The molecule has 0 amide bonds. The van der Waals surface area contributed by atoms with E-state index in [1.54, 1.807) is 30.4 Å². The van der Waals surface area contributed by atoms with Crippen LogP contribution in [0.1, 0.15) is 23.1 Å². The lowest BCUT2D eigenvalue weighted by Gasteiger charge is -2.09. The van der Waals surface area contributed by atoms with Crippen LogP contribution in [0.25, 0.3) is 6.08 Å². The third-order valence-corrected chi connectivity index (χ3v) is 2.97. The Kier molecular flexibility index (Phi) is 5.33. The van der Waals surface area contributed by atoms with Crippen LogP contribution in [0, 0.1) is 11.3 Å². The van der Waals surface area contributed by atoms with Gasteiger partial charge in [0.25, 0.3) is 0 Å². The van der Waals surface area contributed by atoms with E-state index in [2.05, 4.69) is 6.07 Å². The molecule has 0 saturated carbocycles. The van der Waals surface area contributed by atoms with Crippen LogP contribution < -0.4 is 4.74 Å². The highest BCUT2D eigenvalue weighted by molar-refractivity contribution is 5.70. The molecule has 0 aliphatic rings. The Labute approximate surface area is 128 Å². The first-order valence-corrected chi connectivity index (χ1v) is 6.78. The molecule has 2 aromatic rings. The first-order chi connectivity index (χ1) is 10.7. The number of carbonyl (C=O) groups is 1. The topological polar surface area (TPSA) is 70.3 Å². The highest BCUT2D eigenvalue weighted by Crippen LogP contribution is 2.22. The van der Waals surface area contributed by atoms with Crippen LogP contribution in [-0.2, 0) is 11.4 Å². The molecule has 0 spiro atoms. The van der Waals surface area contributed by atoms with E-state index >= 15 is 0 Å². The van der Waals surface area contributed by atoms with Crippen molar-refractivity contribution in [1.29, 1.82) is 5.26 Å². The Balaban J connectivity index is 2.12. The van der Waals surface area contributed by atoms with Crippen molar-refractivity contribution in [1.82, 2.24) is 0 Å². The predicted molar refractivity (Wildman–Crippen MR) is 83.2 cm³/mol. The van der Waals surface area contributed by atoms with E-state index in [0.29, 0.717) is 17.9 Å². The summed E-state index contributed by atoms with van der Waals surface area (Å²) in [4.78, 5) is 10.5. The molecule has 4 nitrogen and oxygen atoms in total. The minimum absolute atomic E-state index is 0.0415. The van der Waals surface area contributed by atoms with E-state index in [0.717, 1.165) is 11.1 Å². The van der Waals surface area contributed by atoms with Crippen LogP contribution in [0.5, 0.6) is 5.75 Å². The zero-order valence-corrected chi connectivity index (χ0v) is 11.9. The maximum Gasteiger partial charge on any atom is 0.307 e. The van der Waals surface area contributed by atoms with Crippen molar-refractivity contribution in [3.63, 3.8) is 0 Å². The summed E-state index contributed by atoms with van der Waals surface area (Å²) >= 11 is 0. The molecule has 0 atom stereocenters. The highest BCUT2D eigenvalue weighted by Gasteiger charge is 2.04. The van der Waals surface area contributed by atoms with Crippen LogP contribution in [0.2, 0.25) is 0 Å². The third-order valence-electron chi connectivity index (χ3n) is 2.97. The quantitative estimate of drug-likeness (QED) is 0.883. The molecule has 0 heterocycles. The Morgan fingerprint density at radius 1 is 1.23 bits per heavy atom. The SMILES string of the molecule is N#Cc1ccc(C=CCC(=O)O)cc1OCc1ccccc1. The number of aliphatic carboxylic acids is 1. The van der Waals surface area contributed by atoms with Gasteiger partial charge in [0.05, 0.1) is 12.0 Å². The number of benzene rings is 2. The zero-order valence-electron chi connectivity index (χ0n) is 11.9. The van der Waals surface area contributed by atoms with Crippen molar-refractivity contribution in [2.24, 2.45) is 0 Å². The average molecular weight is 293 g/mol. The first-order valence-electron chi connectivity index (χ1n) is 6.78. The molecule has 0 radical (unpaired) electrons. The Morgan fingerprint density at radius 2 is 2.00 bits per heavy atom. The number of rotatable bonds is 6. The van der Waals surface area contributed by atoms with Gasteiger partial charge >= 0.3 is 5.97 Å². The fourth-order valence-electron chi connectivity index (χ4n) is 1.89. The van der Waals surface area contributed by atoms with Gasteiger partial charge in [-0.25, -0.2) is 0 Å². The number of nitrogens with zero attached hydrogens (tertiary/aromatic N) is 1. The van der Waals surface area contributed by atoms with E-state index in [1.807, 2.05) is 30.3 Å². The molecule has 0 fully saturated rings. The maximum atomic E-state index is 10.5. The van der Waals surface area contributed by atoms with E-state index in [1.165, 1.54) is 0 Å². The van der Waals surface area contributed by atoms with Crippen LogP contribution in [-0.4, -0.2) is 11.1 Å². The maximum absolute atomic E-state index is 10.5. The van der Waals surface area contributed by atoms with Crippen LogP contribution in [0.15, 0.2) is 54.6 Å². The van der Waals surface area contributed by atoms with Gasteiger partial charge in [0.2, 0.25) is 0 Å². The molecule has 1 N–H and O–H groups in total. The summed E-state index contributed by atoms with van der Waals surface area (Å²) in [6.07, 6.45) is 3.22. The van der Waals surface area contributed by atoms with Gasteiger partial charge in [0.15, 0.2) is 0 Å². The van der Waals surface area contributed by atoms with E-state index in [9.17, 15) is 4.79 Å². The number of carboxylic acids is 1. The summed E-state index contributed by atoms with van der Waals surface area (Å²) < 4.78 is 5.71. The Hall–Kier alpha value is -3.06. The summed E-state index contributed by atoms with van der Waals surface area (Å²) in [6.45, 7) is 0.373. The van der Waals surface area contributed by atoms with Crippen LogP contribution in [0.3, 0.4) is 0 Å². The first kappa shape index (κ1) is 15.3. The van der Waals surface area contributed by atoms with E-state index in [4.69, 9.17) is 15.1 Å². The van der Waals surface area contributed by atoms with Crippen LogP contribution >= 0.6 is 0 Å². The Bertz CT molecular complexity index is 715. The lowest BCUT2D eigenvalue weighted by Crippen LogP contribution is -1.97. The second kappa shape index (κ2) is 7.65. The number of hydrogen-bond donors (Lipinski definition) is 1. The van der Waals surface area contributed by atoms with Gasteiger partial charge in [-0.1, -0.05) is 48.6 Å². The molecular formula is C18H15NO3. The van der Waals surface area contributed by atoms with Gasteiger partial charge in [-0.15, -0.1) is 0 Å². The van der Waals surface area contributed by atoms with Gasteiger partial charge in [-0.3, -0.25) is 4.79 Å². The minimum atomic E-state index is -0.884. The van der Waals surface area contributed by atoms with Crippen LogP contribution in [0.4, 0.5) is 0 Å². The van der Waals surface area contributed by atoms with Gasteiger partial charge in [0.1, 0.15) is 18.4 Å². The second-order valence-electron chi connectivity index (χ2n) is 4.64. The third kappa shape index (κ3) is 4.50. The molecule has 0 aromatic heterocycles. The van der Waals surface area contributed by atoms with Gasteiger partial charge < -0.3 is 9.84 Å². The summed E-state index contributed by atoms with van der Waals surface area (Å²) in [5.41, 5.74) is 2.26. The summed E-state index contributed by atoms with van der Waals surface area (Å²) in [7, 11) is 0. The fraction of sp³-hybridized carbons (Fsp3) is 0.111. The molecular weight excluding hydrogens is 278 g/mol. The zero-order chi connectivity index (χ0) is 15.8. The van der Waals surface area contributed by atoms with E-state index < -0.39 is 5.97 Å². The van der Waals surface area contributed by atoms with Crippen molar-refractivity contribution in [3.8, 4) is 11.8 Å². The smallest absolute Gasteiger partial charge is 0.307 e. The monoisotopic (exact) mass is 293 g/mol. The number of ether oxygens (including phenoxy) is 1. The molecule has 22 heavy (non-hydrogen) atoms. The number of carboxylic acid groups (broad SMARTS) is 1. The summed E-state index contributed by atoms with van der Waals surface area (Å²) in [5, 5.41) is 17.7. The summed E-state index contributed by atoms with van der Waals surface area (Å²) in [6, 6.07) is 16.9. The molecule has 0 aliphatic carbocycles. The Morgan fingerprint density at radius 3 is 2.68 bits per heavy atom. The minimum Gasteiger partial charge on any atom is -0.488 e. The van der Waals surface area contributed by atoms with Crippen molar-refractivity contribution < 1.29 is 14.6 Å². The van der Waals surface area contributed by atoms with Gasteiger partial charge in [0, 0.05) is 0 Å². The lowest BCUT2D eigenvalue weighted by atomic mass is 10.1. The van der Waals surface area contributed by atoms with E-state index in [-0.39, 0.29) is 6.42 Å². The van der Waals surface area contributed by atoms with Crippen molar-refractivity contribution in [2.45, 2.75) is 13.0 Å². The average Bonchev–Trinajstić information content (AvgIpc) is 2.54. The van der Waals surface area contributed by atoms with Gasteiger partial charge in [-0.2, -0.15) is 5.26 Å². The summed E-state index contributed by atoms with van der Waals surface area (Å²) in [5.74, 6) is -0.394. The van der Waals surface area contributed by atoms with Crippen molar-refractivity contribution in [3.05, 3.63) is 71.3 Å². The molecule has 4 heteroatoms. The normalized spacial score (nSPS) is 10.3. The van der Waals surface area contributed by atoms with Crippen molar-refractivity contribution >= 4 is 12.0 Å². The molecule has 110 valence electrons. The largest absolute Gasteiger partial charge is 0.488 e. The number of nitriles is 1. The molecule has 0 bridgehead atoms. The molecule has 2 aromatic carbocycles. The number of hydrogen-bond acceptors (Lipinski definition) is 3. The predicted octanol–water partition coefficient (Wildman–Crippen LogP) is 3.63. The molecule has 0 aliphatic heterocycles.